The first-order chi connectivity index (χ1) is 8.29. The van der Waals surface area contributed by atoms with E-state index in [9.17, 15) is 0 Å². The molecule has 2 rings (SSSR count). The zero-order valence-corrected chi connectivity index (χ0v) is 12.1. The van der Waals surface area contributed by atoms with E-state index in [1.54, 1.807) is 0 Å². The number of hydrogen-bond acceptors (Lipinski definition) is 1. The summed E-state index contributed by atoms with van der Waals surface area (Å²) in [4.78, 5) is 0.470. The predicted molar refractivity (Wildman–Crippen MR) is 75.7 cm³/mol. The molecule has 1 aliphatic rings. The Kier molecular flexibility index (Phi) is 5.05. The Bertz CT molecular complexity index is 327. The van der Waals surface area contributed by atoms with Crippen LogP contribution in [0.1, 0.15) is 48.6 Å². The maximum atomic E-state index is 5.65. The summed E-state index contributed by atoms with van der Waals surface area (Å²) >= 11 is 3.78. The van der Waals surface area contributed by atoms with Gasteiger partial charge in [-0.1, -0.05) is 47.1 Å². The van der Waals surface area contributed by atoms with Crippen molar-refractivity contribution in [3.8, 4) is 0 Å². The zero-order valence-electron chi connectivity index (χ0n) is 10.5. The third-order valence-electron chi connectivity index (χ3n) is 3.52. The van der Waals surface area contributed by atoms with Crippen LogP contribution < -0.4 is 0 Å². The van der Waals surface area contributed by atoms with Crippen molar-refractivity contribution in [1.29, 1.82) is 0 Å². The lowest BCUT2D eigenvalue weighted by Crippen LogP contribution is -2.05. The van der Waals surface area contributed by atoms with E-state index in [0.717, 1.165) is 19.4 Å². The molecule has 2 atom stereocenters. The van der Waals surface area contributed by atoms with Gasteiger partial charge in [-0.25, -0.2) is 0 Å². The first-order valence-corrected chi connectivity index (χ1v) is 7.55. The fourth-order valence-electron chi connectivity index (χ4n) is 2.33. The van der Waals surface area contributed by atoms with Crippen molar-refractivity contribution < 1.29 is 4.74 Å². The highest BCUT2D eigenvalue weighted by atomic mass is 79.9. The Labute approximate surface area is 113 Å². The quantitative estimate of drug-likeness (QED) is 0.719. The lowest BCUT2D eigenvalue weighted by Gasteiger charge is -2.14. The van der Waals surface area contributed by atoms with E-state index in [4.69, 9.17) is 4.74 Å². The number of rotatable bonds is 5. The van der Waals surface area contributed by atoms with Crippen LogP contribution >= 0.6 is 15.9 Å². The molecule has 1 heterocycles. The van der Waals surface area contributed by atoms with Crippen molar-refractivity contribution in [2.24, 2.45) is 0 Å². The van der Waals surface area contributed by atoms with Crippen LogP contribution in [0.15, 0.2) is 24.3 Å². The van der Waals surface area contributed by atoms with Gasteiger partial charge in [-0.2, -0.15) is 0 Å². The Hall–Kier alpha value is -0.340. The van der Waals surface area contributed by atoms with Crippen LogP contribution in [0.2, 0.25) is 0 Å². The minimum Gasteiger partial charge on any atom is -0.378 e. The zero-order chi connectivity index (χ0) is 12.1. The Morgan fingerprint density at radius 1 is 1.35 bits per heavy atom. The van der Waals surface area contributed by atoms with Gasteiger partial charge in [0.15, 0.2) is 0 Å². The molecule has 0 N–H and O–H groups in total. The third kappa shape index (κ3) is 3.82. The van der Waals surface area contributed by atoms with E-state index in [0.29, 0.717) is 10.9 Å². The van der Waals surface area contributed by atoms with Crippen molar-refractivity contribution in [3.63, 3.8) is 0 Å². The molecule has 17 heavy (non-hydrogen) atoms. The smallest absolute Gasteiger partial charge is 0.0576 e. The van der Waals surface area contributed by atoms with Crippen LogP contribution in [-0.2, 0) is 11.2 Å². The van der Waals surface area contributed by atoms with Gasteiger partial charge in [-0.05, 0) is 43.2 Å². The lowest BCUT2D eigenvalue weighted by molar-refractivity contribution is 0.102. The average Bonchev–Trinajstić information content (AvgIpc) is 2.89. The minimum absolute atomic E-state index is 0.470. The van der Waals surface area contributed by atoms with Gasteiger partial charge in [-0.3, -0.25) is 0 Å². The molecule has 1 aliphatic heterocycles. The Balaban J connectivity index is 1.83. The second-order valence-corrected chi connectivity index (χ2v) is 5.88. The Morgan fingerprint density at radius 2 is 2.12 bits per heavy atom. The van der Waals surface area contributed by atoms with E-state index >= 15 is 0 Å². The molecule has 0 aliphatic carbocycles. The van der Waals surface area contributed by atoms with Crippen molar-refractivity contribution in [2.75, 3.05) is 6.61 Å². The van der Waals surface area contributed by atoms with Crippen LogP contribution in [0, 0.1) is 0 Å². The van der Waals surface area contributed by atoms with Crippen molar-refractivity contribution in [2.45, 2.75) is 50.0 Å². The average molecular weight is 297 g/mol. The lowest BCUT2D eigenvalue weighted by atomic mass is 10.0. The van der Waals surface area contributed by atoms with Gasteiger partial charge in [-0.15, -0.1) is 0 Å². The molecular formula is C15H21BrO. The van der Waals surface area contributed by atoms with Gasteiger partial charge in [0.1, 0.15) is 0 Å². The summed E-state index contributed by atoms with van der Waals surface area (Å²) in [6.07, 6.45) is 6.44. The molecule has 0 radical (unpaired) electrons. The molecule has 1 fully saturated rings. The first kappa shape index (κ1) is 13.1. The summed E-state index contributed by atoms with van der Waals surface area (Å²) in [5, 5.41) is 0. The molecule has 0 aromatic heterocycles. The summed E-state index contributed by atoms with van der Waals surface area (Å²) in [5.41, 5.74) is 2.80. The third-order valence-corrected chi connectivity index (χ3v) is 4.50. The van der Waals surface area contributed by atoms with E-state index < -0.39 is 0 Å². The van der Waals surface area contributed by atoms with E-state index in [-0.39, 0.29) is 0 Å². The highest BCUT2D eigenvalue weighted by molar-refractivity contribution is 9.09. The highest BCUT2D eigenvalue weighted by Crippen LogP contribution is 2.30. The minimum atomic E-state index is 0.470. The predicted octanol–water partition coefficient (Wildman–Crippen LogP) is 4.64. The molecule has 2 heteroatoms. The number of hydrogen-bond donors (Lipinski definition) is 0. The summed E-state index contributed by atoms with van der Waals surface area (Å²) < 4.78 is 5.65. The molecule has 2 unspecified atom stereocenters. The molecule has 94 valence electrons. The number of ether oxygens (including phenoxy) is 1. The van der Waals surface area contributed by atoms with Gasteiger partial charge in [0.2, 0.25) is 0 Å². The molecule has 0 bridgehead atoms. The van der Waals surface area contributed by atoms with Gasteiger partial charge in [0.25, 0.3) is 0 Å². The highest BCUT2D eigenvalue weighted by Gasteiger charge is 2.17. The topological polar surface area (TPSA) is 9.23 Å². The first-order valence-electron chi connectivity index (χ1n) is 6.64. The summed E-state index contributed by atoms with van der Waals surface area (Å²) in [6, 6.07) is 8.95. The monoisotopic (exact) mass is 296 g/mol. The maximum absolute atomic E-state index is 5.65. The number of halogens is 1. The maximum Gasteiger partial charge on any atom is 0.0576 e. The molecular weight excluding hydrogens is 276 g/mol. The molecule has 0 spiro atoms. The number of aryl methyl sites for hydroxylation is 1. The van der Waals surface area contributed by atoms with Crippen LogP contribution in [0.4, 0.5) is 0 Å². The second-order valence-electron chi connectivity index (χ2n) is 4.78. The number of benzene rings is 1. The van der Waals surface area contributed by atoms with Crippen LogP contribution in [0.3, 0.4) is 0 Å². The molecule has 1 aromatic carbocycles. The standard InChI is InChI=1S/C15H21BrO/c1-2-12-5-7-13(8-6-12)15(16)10-9-14-4-3-11-17-14/h5-8,14-15H,2-4,9-11H2,1H3. The molecule has 0 amide bonds. The summed E-state index contributed by atoms with van der Waals surface area (Å²) in [5.74, 6) is 0. The molecule has 0 saturated carbocycles. The molecule has 1 saturated heterocycles. The fourth-order valence-corrected chi connectivity index (χ4v) is 2.90. The van der Waals surface area contributed by atoms with E-state index in [1.165, 1.54) is 30.4 Å². The molecule has 1 aromatic rings. The van der Waals surface area contributed by atoms with Crippen molar-refractivity contribution in [3.05, 3.63) is 35.4 Å². The molecule has 1 nitrogen and oxygen atoms in total. The van der Waals surface area contributed by atoms with Crippen LogP contribution in [0.5, 0.6) is 0 Å². The van der Waals surface area contributed by atoms with Gasteiger partial charge < -0.3 is 4.74 Å². The largest absolute Gasteiger partial charge is 0.378 e. The van der Waals surface area contributed by atoms with Crippen molar-refractivity contribution in [1.82, 2.24) is 0 Å². The summed E-state index contributed by atoms with van der Waals surface area (Å²) in [7, 11) is 0. The summed E-state index contributed by atoms with van der Waals surface area (Å²) in [6.45, 7) is 3.15. The van der Waals surface area contributed by atoms with E-state index in [1.807, 2.05) is 0 Å². The SMILES string of the molecule is CCc1ccc(C(Br)CCC2CCCO2)cc1. The van der Waals surface area contributed by atoms with E-state index in [2.05, 4.69) is 47.1 Å². The van der Waals surface area contributed by atoms with Gasteiger partial charge in [0.05, 0.1) is 6.10 Å². The van der Waals surface area contributed by atoms with Crippen LogP contribution in [0.25, 0.3) is 0 Å². The fraction of sp³-hybridized carbons (Fsp3) is 0.600. The number of alkyl halides is 1. The second kappa shape index (κ2) is 6.55. The van der Waals surface area contributed by atoms with Crippen LogP contribution in [-0.4, -0.2) is 12.7 Å². The van der Waals surface area contributed by atoms with Gasteiger partial charge in [0, 0.05) is 11.4 Å². The Morgan fingerprint density at radius 3 is 2.71 bits per heavy atom. The van der Waals surface area contributed by atoms with Gasteiger partial charge >= 0.3 is 0 Å². The normalized spacial score (nSPS) is 21.6. The van der Waals surface area contributed by atoms with Crippen molar-refractivity contribution >= 4 is 15.9 Å².